The first kappa shape index (κ1) is 25.2. The largest absolute Gasteiger partial charge is 0.444 e. The lowest BCUT2D eigenvalue weighted by Gasteiger charge is -2.10. The van der Waals surface area contributed by atoms with Crippen molar-refractivity contribution in [2.24, 2.45) is 4.99 Å². The van der Waals surface area contributed by atoms with Crippen molar-refractivity contribution in [2.75, 3.05) is 19.3 Å². The highest BCUT2D eigenvalue weighted by molar-refractivity contribution is 14.0. The van der Waals surface area contributed by atoms with E-state index in [0.717, 1.165) is 29.1 Å². The number of nitrogens with one attached hydrogen (secondary N) is 2. The van der Waals surface area contributed by atoms with Crippen molar-refractivity contribution >= 4 is 35.8 Å². The molecule has 10 heteroatoms. The lowest BCUT2D eigenvalue weighted by atomic mass is 10.1. The first-order chi connectivity index (χ1) is 14.9. The van der Waals surface area contributed by atoms with Crippen molar-refractivity contribution < 1.29 is 4.42 Å². The van der Waals surface area contributed by atoms with Gasteiger partial charge in [-0.15, -0.1) is 24.0 Å². The number of halogens is 1. The van der Waals surface area contributed by atoms with Gasteiger partial charge in [0.15, 0.2) is 5.96 Å². The molecule has 0 unspecified atom stereocenters. The van der Waals surface area contributed by atoms with Crippen LogP contribution in [0, 0.1) is 32.1 Å². The molecule has 0 bridgehead atoms. The molecule has 0 saturated carbocycles. The number of rotatable bonds is 7. The van der Waals surface area contributed by atoms with E-state index in [9.17, 15) is 5.26 Å². The number of aryl methyl sites for hydroxylation is 4. The van der Waals surface area contributed by atoms with Gasteiger partial charge in [0.25, 0.3) is 0 Å². The van der Waals surface area contributed by atoms with Crippen LogP contribution >= 0.6 is 24.0 Å². The second-order valence-corrected chi connectivity index (χ2v) is 7.27. The zero-order valence-corrected chi connectivity index (χ0v) is 21.1. The number of hydrogen-bond acceptors (Lipinski definition) is 6. The Kier molecular flexibility index (Phi) is 9.07. The molecule has 0 radical (unpaired) electrons. The molecule has 4 N–H and O–H groups in total. The minimum Gasteiger partial charge on any atom is -0.444 e. The molecule has 0 amide bonds. The molecule has 0 aliphatic rings. The van der Waals surface area contributed by atoms with Crippen LogP contribution in [0.4, 0.5) is 5.82 Å². The Morgan fingerprint density at radius 1 is 1.22 bits per heavy atom. The molecule has 1 aromatic carbocycles. The lowest BCUT2D eigenvalue weighted by Crippen LogP contribution is -2.37. The number of anilines is 1. The second-order valence-electron chi connectivity index (χ2n) is 7.27. The molecule has 0 aliphatic carbocycles. The number of oxazole rings is 1. The van der Waals surface area contributed by atoms with Crippen molar-refractivity contribution in [1.82, 2.24) is 25.4 Å². The zero-order chi connectivity index (χ0) is 22.4. The van der Waals surface area contributed by atoms with Gasteiger partial charge in [0, 0.05) is 13.6 Å². The van der Waals surface area contributed by atoms with E-state index in [1.165, 1.54) is 0 Å². The number of nitriles is 1. The maximum atomic E-state index is 9.54. The molecular formula is C22H29IN8O. The smallest absolute Gasteiger partial charge is 0.214 e. The summed E-state index contributed by atoms with van der Waals surface area (Å²) in [5.74, 6) is 2.45. The highest BCUT2D eigenvalue weighted by Crippen LogP contribution is 2.21. The predicted molar refractivity (Wildman–Crippen MR) is 135 cm³/mol. The first-order valence-corrected chi connectivity index (χ1v) is 10.1. The summed E-state index contributed by atoms with van der Waals surface area (Å²) >= 11 is 0. The Morgan fingerprint density at radius 3 is 2.53 bits per heavy atom. The van der Waals surface area contributed by atoms with Crippen LogP contribution in [0.3, 0.4) is 0 Å². The Labute approximate surface area is 205 Å². The van der Waals surface area contributed by atoms with Crippen molar-refractivity contribution in [3.63, 3.8) is 0 Å². The summed E-state index contributed by atoms with van der Waals surface area (Å²) in [5, 5.41) is 20.5. The Balaban J connectivity index is 0.00000363. The molecule has 0 spiro atoms. The Hall–Kier alpha value is -3.07. The molecule has 9 nitrogen and oxygen atoms in total. The van der Waals surface area contributed by atoms with Crippen molar-refractivity contribution in [2.45, 2.75) is 40.2 Å². The number of benzene rings is 1. The van der Waals surface area contributed by atoms with Gasteiger partial charge in [0.2, 0.25) is 5.89 Å². The van der Waals surface area contributed by atoms with Gasteiger partial charge < -0.3 is 20.8 Å². The van der Waals surface area contributed by atoms with Gasteiger partial charge in [0.05, 0.1) is 23.6 Å². The van der Waals surface area contributed by atoms with Crippen LogP contribution < -0.4 is 16.4 Å². The third-order valence-electron chi connectivity index (χ3n) is 4.97. The van der Waals surface area contributed by atoms with Gasteiger partial charge in [-0.3, -0.25) is 4.99 Å². The molecule has 0 fully saturated rings. The van der Waals surface area contributed by atoms with Crippen LogP contribution in [0.25, 0.3) is 5.69 Å². The molecule has 2 aromatic heterocycles. The third-order valence-corrected chi connectivity index (χ3v) is 4.97. The molecular weight excluding hydrogens is 519 g/mol. The van der Waals surface area contributed by atoms with E-state index < -0.39 is 0 Å². The minimum atomic E-state index is 0. The number of guanidine groups is 1. The number of nitrogens with two attached hydrogens (primary N) is 1. The van der Waals surface area contributed by atoms with Gasteiger partial charge in [-0.1, -0.05) is 17.7 Å². The zero-order valence-electron chi connectivity index (χ0n) is 18.8. The van der Waals surface area contributed by atoms with Gasteiger partial charge in [-0.25, -0.2) is 9.67 Å². The highest BCUT2D eigenvalue weighted by atomic mass is 127. The summed E-state index contributed by atoms with van der Waals surface area (Å²) in [6, 6.07) is 10.1. The third kappa shape index (κ3) is 6.00. The Morgan fingerprint density at radius 2 is 1.94 bits per heavy atom. The van der Waals surface area contributed by atoms with Crippen LogP contribution in [0.2, 0.25) is 0 Å². The first-order valence-electron chi connectivity index (χ1n) is 10.1. The van der Waals surface area contributed by atoms with Crippen molar-refractivity contribution in [3.05, 3.63) is 58.4 Å². The summed E-state index contributed by atoms with van der Waals surface area (Å²) < 4.78 is 7.19. The Bertz CT molecular complexity index is 1090. The highest BCUT2D eigenvalue weighted by Gasteiger charge is 2.16. The summed E-state index contributed by atoms with van der Waals surface area (Å²) in [4.78, 5) is 8.56. The number of nitrogen functional groups attached to an aromatic ring is 1. The van der Waals surface area contributed by atoms with Crippen LogP contribution in [0.15, 0.2) is 33.7 Å². The van der Waals surface area contributed by atoms with Gasteiger partial charge >= 0.3 is 0 Å². The number of nitrogens with zero attached hydrogens (tertiary/aromatic N) is 5. The molecule has 0 saturated heterocycles. The lowest BCUT2D eigenvalue weighted by molar-refractivity contribution is 0.463. The number of aliphatic imine (C=N–C) groups is 1. The van der Waals surface area contributed by atoms with Crippen molar-refractivity contribution in [1.29, 1.82) is 5.26 Å². The van der Waals surface area contributed by atoms with Crippen molar-refractivity contribution in [3.8, 4) is 11.8 Å². The van der Waals surface area contributed by atoms with Gasteiger partial charge in [-0.05, 0) is 45.7 Å². The molecule has 2 heterocycles. The van der Waals surface area contributed by atoms with E-state index in [1.807, 2.05) is 45.0 Å². The SMILES string of the molecule is CN=C(NCCCc1nn(-c2ccc(C)cc2)c(N)c1C#N)NCc1nc(C)c(C)o1.I. The summed E-state index contributed by atoms with van der Waals surface area (Å²) in [5.41, 5.74) is 10.2. The molecule has 170 valence electrons. The maximum absolute atomic E-state index is 9.54. The minimum absolute atomic E-state index is 0. The second kappa shape index (κ2) is 11.5. The monoisotopic (exact) mass is 548 g/mol. The van der Waals surface area contributed by atoms with E-state index in [1.54, 1.807) is 11.7 Å². The van der Waals surface area contributed by atoms with Crippen LogP contribution in [0.5, 0.6) is 0 Å². The molecule has 3 aromatic rings. The van der Waals surface area contributed by atoms with E-state index in [0.29, 0.717) is 48.4 Å². The van der Waals surface area contributed by atoms with Crippen LogP contribution in [-0.4, -0.2) is 34.3 Å². The average molecular weight is 548 g/mol. The molecule has 0 atom stereocenters. The van der Waals surface area contributed by atoms with E-state index in [2.05, 4.69) is 31.8 Å². The molecule has 0 aliphatic heterocycles. The number of aromatic nitrogens is 3. The fourth-order valence-electron chi connectivity index (χ4n) is 3.12. The molecule has 3 rings (SSSR count). The van der Waals surface area contributed by atoms with Crippen LogP contribution in [-0.2, 0) is 13.0 Å². The van der Waals surface area contributed by atoms with Gasteiger partial charge in [-0.2, -0.15) is 10.4 Å². The van der Waals surface area contributed by atoms with E-state index in [4.69, 9.17) is 10.2 Å². The predicted octanol–water partition coefficient (Wildman–Crippen LogP) is 3.16. The quantitative estimate of drug-likeness (QED) is 0.179. The standard InChI is InChI=1S/C22H28N8O.HI/c1-14-7-9-17(10-8-14)30-21(24)18(12-23)19(29-30)6-5-11-26-22(25-4)27-13-20-28-15(2)16(3)31-20;/h7-10H,5-6,11,13,24H2,1-4H3,(H2,25,26,27);1H. The van der Waals surface area contributed by atoms with Gasteiger partial charge in [0.1, 0.15) is 23.2 Å². The average Bonchev–Trinajstić information content (AvgIpc) is 3.25. The fraction of sp³-hybridized carbons (Fsp3) is 0.364. The summed E-state index contributed by atoms with van der Waals surface area (Å²) in [6.45, 7) is 6.93. The normalized spacial score (nSPS) is 11.0. The number of hydrogen-bond donors (Lipinski definition) is 3. The van der Waals surface area contributed by atoms with E-state index in [-0.39, 0.29) is 24.0 Å². The maximum Gasteiger partial charge on any atom is 0.214 e. The van der Waals surface area contributed by atoms with Crippen LogP contribution in [0.1, 0.15) is 40.6 Å². The summed E-state index contributed by atoms with van der Waals surface area (Å²) in [6.07, 6.45) is 1.38. The molecule has 32 heavy (non-hydrogen) atoms. The van der Waals surface area contributed by atoms with E-state index >= 15 is 0 Å². The topological polar surface area (TPSA) is 130 Å². The summed E-state index contributed by atoms with van der Waals surface area (Å²) in [7, 11) is 1.71. The fourth-order valence-corrected chi connectivity index (χ4v) is 3.12.